The zero-order valence-electron chi connectivity index (χ0n) is 13.6. The molecule has 2 heterocycles. The summed E-state index contributed by atoms with van der Waals surface area (Å²) in [5.74, 6) is 1.10. The van der Waals surface area contributed by atoms with E-state index < -0.39 is 0 Å². The van der Waals surface area contributed by atoms with E-state index in [1.54, 1.807) is 6.07 Å². The molecule has 1 N–H and O–H groups in total. The number of anilines is 2. The van der Waals surface area contributed by atoms with E-state index >= 15 is 0 Å². The summed E-state index contributed by atoms with van der Waals surface area (Å²) in [7, 11) is 0. The number of hydrogen-bond donors (Lipinski definition) is 1. The third kappa shape index (κ3) is 3.67. The second-order valence-electron chi connectivity index (χ2n) is 6.19. The lowest BCUT2D eigenvalue weighted by molar-refractivity contribution is 0.102. The van der Waals surface area contributed by atoms with E-state index in [0.29, 0.717) is 11.6 Å². The lowest BCUT2D eigenvalue weighted by Gasteiger charge is -2.16. The van der Waals surface area contributed by atoms with Gasteiger partial charge in [0.05, 0.1) is 0 Å². The first-order valence-electron chi connectivity index (χ1n) is 8.12. The van der Waals surface area contributed by atoms with E-state index in [4.69, 9.17) is 0 Å². The van der Waals surface area contributed by atoms with Gasteiger partial charge in [0.25, 0.3) is 5.91 Å². The van der Waals surface area contributed by atoms with Crippen LogP contribution in [0.5, 0.6) is 0 Å². The summed E-state index contributed by atoms with van der Waals surface area (Å²) in [5, 5.41) is 2.89. The Hall–Kier alpha value is -2.43. The SMILES string of the molecule is CC(C)c1ccc(NC(=O)c2cc(N3CCCC3)ncn2)cc1. The first-order valence-corrected chi connectivity index (χ1v) is 8.12. The van der Waals surface area contributed by atoms with Crippen molar-refractivity contribution in [2.24, 2.45) is 0 Å². The molecule has 5 heteroatoms. The van der Waals surface area contributed by atoms with Crippen molar-refractivity contribution in [2.45, 2.75) is 32.6 Å². The molecule has 3 rings (SSSR count). The number of carbonyl (C=O) groups is 1. The molecule has 0 aliphatic carbocycles. The van der Waals surface area contributed by atoms with Gasteiger partial charge in [0.2, 0.25) is 0 Å². The minimum Gasteiger partial charge on any atom is -0.357 e. The van der Waals surface area contributed by atoms with Crippen molar-refractivity contribution in [2.75, 3.05) is 23.3 Å². The molecule has 1 saturated heterocycles. The molecular weight excluding hydrogens is 288 g/mol. The van der Waals surface area contributed by atoms with Crippen LogP contribution in [0.4, 0.5) is 11.5 Å². The van der Waals surface area contributed by atoms with Crippen LogP contribution in [0.1, 0.15) is 48.7 Å². The maximum atomic E-state index is 12.4. The topological polar surface area (TPSA) is 58.1 Å². The molecule has 120 valence electrons. The summed E-state index contributed by atoms with van der Waals surface area (Å²) in [6, 6.07) is 9.70. The maximum Gasteiger partial charge on any atom is 0.274 e. The maximum absolute atomic E-state index is 12.4. The number of benzene rings is 1. The highest BCUT2D eigenvalue weighted by Crippen LogP contribution is 2.19. The Bertz CT molecular complexity index is 676. The van der Waals surface area contributed by atoms with Gasteiger partial charge in [-0.05, 0) is 36.5 Å². The van der Waals surface area contributed by atoms with Crippen molar-refractivity contribution < 1.29 is 4.79 Å². The molecule has 1 aliphatic rings. The summed E-state index contributed by atoms with van der Waals surface area (Å²) in [6.07, 6.45) is 3.81. The Morgan fingerprint density at radius 2 is 1.83 bits per heavy atom. The van der Waals surface area contributed by atoms with Crippen molar-refractivity contribution in [3.63, 3.8) is 0 Å². The number of carbonyl (C=O) groups excluding carboxylic acids is 1. The monoisotopic (exact) mass is 310 g/mol. The highest BCUT2D eigenvalue weighted by Gasteiger charge is 2.16. The van der Waals surface area contributed by atoms with Crippen LogP contribution in [0.25, 0.3) is 0 Å². The molecule has 1 aromatic heterocycles. The molecule has 0 saturated carbocycles. The van der Waals surface area contributed by atoms with E-state index in [1.165, 1.54) is 24.7 Å². The lowest BCUT2D eigenvalue weighted by atomic mass is 10.0. The van der Waals surface area contributed by atoms with Crippen molar-refractivity contribution in [1.82, 2.24) is 9.97 Å². The molecule has 1 fully saturated rings. The highest BCUT2D eigenvalue weighted by atomic mass is 16.1. The minimum atomic E-state index is -0.204. The van der Waals surface area contributed by atoms with Gasteiger partial charge in [-0.3, -0.25) is 4.79 Å². The van der Waals surface area contributed by atoms with Crippen LogP contribution < -0.4 is 10.2 Å². The van der Waals surface area contributed by atoms with Crippen LogP contribution in [-0.2, 0) is 0 Å². The second-order valence-corrected chi connectivity index (χ2v) is 6.19. The van der Waals surface area contributed by atoms with Gasteiger partial charge in [-0.25, -0.2) is 9.97 Å². The van der Waals surface area contributed by atoms with E-state index in [-0.39, 0.29) is 5.91 Å². The summed E-state index contributed by atoms with van der Waals surface area (Å²) < 4.78 is 0. The van der Waals surface area contributed by atoms with Crippen LogP contribution >= 0.6 is 0 Å². The quantitative estimate of drug-likeness (QED) is 0.939. The third-order valence-electron chi connectivity index (χ3n) is 4.15. The van der Waals surface area contributed by atoms with Crippen molar-refractivity contribution in [3.8, 4) is 0 Å². The largest absolute Gasteiger partial charge is 0.357 e. The number of hydrogen-bond acceptors (Lipinski definition) is 4. The molecule has 0 radical (unpaired) electrons. The first-order chi connectivity index (χ1) is 11.1. The molecule has 0 atom stereocenters. The van der Waals surface area contributed by atoms with Gasteiger partial charge in [-0.15, -0.1) is 0 Å². The predicted molar refractivity (Wildman–Crippen MR) is 92.0 cm³/mol. The van der Waals surface area contributed by atoms with Gasteiger partial charge < -0.3 is 10.2 Å². The van der Waals surface area contributed by atoms with Crippen molar-refractivity contribution in [3.05, 3.63) is 47.9 Å². The standard InChI is InChI=1S/C18H22N4O/c1-13(2)14-5-7-15(8-6-14)21-18(23)16-11-17(20-12-19-16)22-9-3-4-10-22/h5-8,11-13H,3-4,9-10H2,1-2H3,(H,21,23). The Morgan fingerprint density at radius 3 is 2.48 bits per heavy atom. The average Bonchev–Trinajstić information content (AvgIpc) is 3.10. The van der Waals surface area contributed by atoms with E-state index in [0.717, 1.165) is 24.6 Å². The van der Waals surface area contributed by atoms with Gasteiger partial charge in [-0.2, -0.15) is 0 Å². The van der Waals surface area contributed by atoms with Crippen molar-refractivity contribution >= 4 is 17.4 Å². The Labute approximate surface area is 136 Å². The number of nitrogens with one attached hydrogen (secondary N) is 1. The summed E-state index contributed by atoms with van der Waals surface area (Å²) in [4.78, 5) is 22.9. The van der Waals surface area contributed by atoms with Crippen molar-refractivity contribution in [1.29, 1.82) is 0 Å². The average molecular weight is 310 g/mol. The number of rotatable bonds is 4. The van der Waals surface area contributed by atoms with Crippen LogP contribution in [-0.4, -0.2) is 29.0 Å². The van der Waals surface area contributed by atoms with Crippen LogP contribution in [0, 0.1) is 0 Å². The fourth-order valence-electron chi connectivity index (χ4n) is 2.74. The van der Waals surface area contributed by atoms with Gasteiger partial charge >= 0.3 is 0 Å². The lowest BCUT2D eigenvalue weighted by Crippen LogP contribution is -2.21. The fraction of sp³-hybridized carbons (Fsp3) is 0.389. The summed E-state index contributed by atoms with van der Waals surface area (Å²) in [6.45, 7) is 6.28. The predicted octanol–water partition coefficient (Wildman–Crippen LogP) is 3.45. The van der Waals surface area contributed by atoms with E-state index in [2.05, 4.69) is 34.0 Å². The molecule has 1 aliphatic heterocycles. The Balaban J connectivity index is 1.71. The zero-order chi connectivity index (χ0) is 16.2. The van der Waals surface area contributed by atoms with Gasteiger partial charge in [-0.1, -0.05) is 26.0 Å². The third-order valence-corrected chi connectivity index (χ3v) is 4.15. The van der Waals surface area contributed by atoms with Gasteiger partial charge in [0.15, 0.2) is 0 Å². The molecule has 0 spiro atoms. The molecule has 1 aromatic carbocycles. The molecule has 5 nitrogen and oxygen atoms in total. The zero-order valence-corrected chi connectivity index (χ0v) is 13.6. The molecule has 23 heavy (non-hydrogen) atoms. The smallest absolute Gasteiger partial charge is 0.274 e. The minimum absolute atomic E-state index is 0.204. The molecular formula is C18H22N4O. The second kappa shape index (κ2) is 6.77. The van der Waals surface area contributed by atoms with Crippen LogP contribution in [0.2, 0.25) is 0 Å². The normalized spacial score (nSPS) is 14.3. The van der Waals surface area contributed by atoms with Gasteiger partial charge in [0.1, 0.15) is 17.8 Å². The van der Waals surface area contributed by atoms with Gasteiger partial charge in [0, 0.05) is 24.8 Å². The first kappa shape index (κ1) is 15.5. The Morgan fingerprint density at radius 1 is 1.13 bits per heavy atom. The number of aromatic nitrogens is 2. The number of nitrogens with zero attached hydrogens (tertiary/aromatic N) is 3. The molecule has 1 amide bonds. The molecule has 2 aromatic rings. The van der Waals surface area contributed by atoms with Crippen LogP contribution in [0.3, 0.4) is 0 Å². The highest BCUT2D eigenvalue weighted by molar-refractivity contribution is 6.03. The van der Waals surface area contributed by atoms with E-state index in [1.807, 2.05) is 24.3 Å². The van der Waals surface area contributed by atoms with E-state index in [9.17, 15) is 4.79 Å². The van der Waals surface area contributed by atoms with Crippen LogP contribution in [0.15, 0.2) is 36.7 Å². The fourth-order valence-corrected chi connectivity index (χ4v) is 2.74. The summed E-state index contributed by atoms with van der Waals surface area (Å²) >= 11 is 0. The molecule has 0 unspecified atom stereocenters. The number of amides is 1. The Kier molecular flexibility index (Phi) is 4.55. The summed E-state index contributed by atoms with van der Waals surface area (Å²) in [5.41, 5.74) is 2.43. The molecule has 0 bridgehead atoms.